The number of aromatic nitrogens is 1. The fraction of sp³-hybridized carbons (Fsp3) is 0.400. The smallest absolute Gasteiger partial charge is 0.307 e. The molecule has 0 atom stereocenters. The second-order valence-corrected chi connectivity index (χ2v) is 6.21. The maximum atomic E-state index is 13.4. The summed E-state index contributed by atoms with van der Waals surface area (Å²) in [5.74, 6) is -0.794. The summed E-state index contributed by atoms with van der Waals surface area (Å²) in [6.45, 7) is 0.342. The number of rotatable bonds is 4. The summed E-state index contributed by atoms with van der Waals surface area (Å²) in [4.78, 5) is 27.9. The molecular formula is C15H15FN2O3S. The van der Waals surface area contributed by atoms with Crippen LogP contribution in [0.3, 0.4) is 0 Å². The number of thiazole rings is 1. The number of carbonyl (C=O) groups is 2. The van der Waals surface area contributed by atoms with Crippen LogP contribution >= 0.6 is 11.3 Å². The number of nitrogens with zero attached hydrogens (tertiary/aromatic N) is 2. The first-order valence-corrected chi connectivity index (χ1v) is 7.84. The van der Waals surface area contributed by atoms with Crippen molar-refractivity contribution in [3.05, 3.63) is 28.8 Å². The standard InChI is InChI=1S/C15H15FN2O3S/c1-21-13(19)6-7-18-11-5-4-10(16)8-12(11)22-15(18)17-14(20)9-2-3-9/h4-5,8-9H,2-3,6-7H2,1H3. The van der Waals surface area contributed by atoms with Gasteiger partial charge in [-0.05, 0) is 31.0 Å². The fourth-order valence-electron chi connectivity index (χ4n) is 2.17. The fourth-order valence-corrected chi connectivity index (χ4v) is 3.26. The molecule has 1 aromatic heterocycles. The number of aryl methyl sites for hydroxylation is 1. The Bertz CT molecular complexity index is 805. The number of fused-ring (bicyclic) bond motifs is 1. The van der Waals surface area contributed by atoms with Crippen LogP contribution in [0.4, 0.5) is 4.39 Å². The van der Waals surface area contributed by atoms with E-state index >= 15 is 0 Å². The van der Waals surface area contributed by atoms with Crippen molar-refractivity contribution in [2.45, 2.75) is 25.8 Å². The maximum Gasteiger partial charge on any atom is 0.307 e. The van der Waals surface area contributed by atoms with Gasteiger partial charge in [-0.25, -0.2) is 4.39 Å². The minimum absolute atomic E-state index is 0.0241. The Morgan fingerprint density at radius 1 is 1.45 bits per heavy atom. The maximum absolute atomic E-state index is 13.4. The van der Waals surface area contributed by atoms with Gasteiger partial charge in [-0.3, -0.25) is 9.59 Å². The molecule has 2 aromatic rings. The van der Waals surface area contributed by atoms with Gasteiger partial charge < -0.3 is 9.30 Å². The number of amides is 1. The molecule has 7 heteroatoms. The third-order valence-corrected chi connectivity index (χ3v) is 4.59. The molecule has 1 heterocycles. The van der Waals surface area contributed by atoms with Crippen molar-refractivity contribution in [3.8, 4) is 0 Å². The summed E-state index contributed by atoms with van der Waals surface area (Å²) in [6.07, 6.45) is 1.93. The summed E-state index contributed by atoms with van der Waals surface area (Å²) in [6, 6.07) is 4.41. The Balaban J connectivity index is 2.04. The Morgan fingerprint density at radius 2 is 2.23 bits per heavy atom. The highest BCUT2D eigenvalue weighted by Gasteiger charge is 2.29. The van der Waals surface area contributed by atoms with E-state index in [1.54, 1.807) is 10.6 Å². The van der Waals surface area contributed by atoms with Crippen LogP contribution in [0.1, 0.15) is 19.3 Å². The molecule has 1 amide bonds. The second-order valence-electron chi connectivity index (χ2n) is 5.20. The van der Waals surface area contributed by atoms with Gasteiger partial charge in [-0.15, -0.1) is 0 Å². The zero-order chi connectivity index (χ0) is 15.7. The van der Waals surface area contributed by atoms with E-state index in [0.29, 0.717) is 16.0 Å². The number of hydrogen-bond acceptors (Lipinski definition) is 4. The highest BCUT2D eigenvalue weighted by atomic mass is 32.1. The number of methoxy groups -OCH3 is 1. The van der Waals surface area contributed by atoms with E-state index in [1.807, 2.05) is 0 Å². The molecule has 0 spiro atoms. The van der Waals surface area contributed by atoms with Gasteiger partial charge in [-0.1, -0.05) is 11.3 Å². The van der Waals surface area contributed by atoms with Gasteiger partial charge in [0.2, 0.25) is 0 Å². The topological polar surface area (TPSA) is 60.7 Å². The number of hydrogen-bond donors (Lipinski definition) is 0. The number of halogens is 1. The molecule has 1 aromatic carbocycles. The third kappa shape index (κ3) is 3.09. The van der Waals surface area contributed by atoms with Crippen LogP contribution in [-0.4, -0.2) is 23.6 Å². The first-order valence-electron chi connectivity index (χ1n) is 7.03. The molecule has 1 aliphatic rings. The summed E-state index contributed by atoms with van der Waals surface area (Å²) in [7, 11) is 1.33. The van der Waals surface area contributed by atoms with Crippen LogP contribution in [0.25, 0.3) is 10.2 Å². The van der Waals surface area contributed by atoms with Crippen LogP contribution in [0.2, 0.25) is 0 Å². The first-order chi connectivity index (χ1) is 10.6. The molecule has 0 unspecified atom stereocenters. The molecule has 22 heavy (non-hydrogen) atoms. The van der Waals surface area contributed by atoms with Crippen molar-refractivity contribution < 1.29 is 18.7 Å². The molecule has 5 nitrogen and oxygen atoms in total. The molecule has 1 saturated carbocycles. The molecule has 0 N–H and O–H groups in total. The summed E-state index contributed by atoms with van der Waals surface area (Å²) < 4.78 is 20.5. The minimum atomic E-state index is -0.339. The van der Waals surface area contributed by atoms with Crippen LogP contribution in [-0.2, 0) is 20.9 Å². The van der Waals surface area contributed by atoms with Crippen LogP contribution in [0.5, 0.6) is 0 Å². The van der Waals surface area contributed by atoms with Gasteiger partial charge in [0, 0.05) is 12.5 Å². The monoisotopic (exact) mass is 322 g/mol. The van der Waals surface area contributed by atoms with Crippen LogP contribution < -0.4 is 4.80 Å². The lowest BCUT2D eigenvalue weighted by Crippen LogP contribution is -2.19. The van der Waals surface area contributed by atoms with Gasteiger partial charge in [0.15, 0.2) is 4.80 Å². The zero-order valence-corrected chi connectivity index (χ0v) is 12.9. The number of ether oxygens (including phenoxy) is 1. The van der Waals surface area contributed by atoms with E-state index in [9.17, 15) is 14.0 Å². The second kappa shape index (κ2) is 6.00. The molecule has 1 fully saturated rings. The van der Waals surface area contributed by atoms with E-state index in [-0.39, 0.29) is 30.0 Å². The van der Waals surface area contributed by atoms with E-state index in [4.69, 9.17) is 0 Å². The first kappa shape index (κ1) is 14.9. The van der Waals surface area contributed by atoms with E-state index in [2.05, 4.69) is 9.73 Å². The van der Waals surface area contributed by atoms with Crippen molar-refractivity contribution in [3.63, 3.8) is 0 Å². The predicted octanol–water partition coefficient (Wildman–Crippen LogP) is 2.24. The zero-order valence-electron chi connectivity index (χ0n) is 12.0. The van der Waals surface area contributed by atoms with Crippen LogP contribution in [0, 0.1) is 11.7 Å². The number of carbonyl (C=O) groups excluding carboxylic acids is 2. The Hall–Kier alpha value is -2.02. The molecule has 3 rings (SSSR count). The van der Waals surface area contributed by atoms with Crippen molar-refractivity contribution in [1.82, 2.24) is 4.57 Å². The van der Waals surface area contributed by atoms with Crippen molar-refractivity contribution in [2.24, 2.45) is 10.9 Å². The number of benzene rings is 1. The average Bonchev–Trinajstić information content (AvgIpc) is 3.29. The lowest BCUT2D eigenvalue weighted by Gasteiger charge is -2.04. The molecule has 1 aliphatic carbocycles. The SMILES string of the molecule is COC(=O)CCn1c(=NC(=O)C2CC2)sc2cc(F)ccc21. The van der Waals surface area contributed by atoms with Gasteiger partial charge in [0.1, 0.15) is 5.82 Å². The Labute approximate surface area is 130 Å². The highest BCUT2D eigenvalue weighted by Crippen LogP contribution is 2.30. The summed E-state index contributed by atoms with van der Waals surface area (Å²) in [5, 5.41) is 0. The average molecular weight is 322 g/mol. The van der Waals surface area contributed by atoms with Gasteiger partial charge in [-0.2, -0.15) is 4.99 Å². The predicted molar refractivity (Wildman–Crippen MR) is 79.7 cm³/mol. The summed E-state index contributed by atoms with van der Waals surface area (Å²) >= 11 is 1.25. The van der Waals surface area contributed by atoms with Crippen molar-refractivity contribution in [2.75, 3.05) is 7.11 Å². The molecule has 0 bridgehead atoms. The Morgan fingerprint density at radius 3 is 2.91 bits per heavy atom. The van der Waals surface area contributed by atoms with Gasteiger partial charge in [0.25, 0.3) is 5.91 Å². The van der Waals surface area contributed by atoms with Gasteiger partial charge in [0.05, 0.1) is 23.7 Å². The molecule has 0 saturated heterocycles. The highest BCUT2D eigenvalue weighted by molar-refractivity contribution is 7.16. The number of esters is 1. The molecule has 0 aliphatic heterocycles. The van der Waals surface area contributed by atoms with E-state index in [1.165, 1.54) is 30.6 Å². The quantitative estimate of drug-likeness (QED) is 0.811. The molecular weight excluding hydrogens is 307 g/mol. The lowest BCUT2D eigenvalue weighted by molar-refractivity contribution is -0.140. The Kier molecular flexibility index (Phi) is 4.06. The third-order valence-electron chi connectivity index (χ3n) is 3.54. The van der Waals surface area contributed by atoms with Gasteiger partial charge >= 0.3 is 5.97 Å². The normalized spacial score (nSPS) is 15.3. The summed E-state index contributed by atoms with van der Waals surface area (Å²) in [5.41, 5.74) is 0.762. The largest absolute Gasteiger partial charge is 0.469 e. The molecule has 116 valence electrons. The van der Waals surface area contributed by atoms with E-state index < -0.39 is 0 Å². The van der Waals surface area contributed by atoms with Crippen LogP contribution in [0.15, 0.2) is 23.2 Å². The lowest BCUT2D eigenvalue weighted by atomic mass is 10.3. The van der Waals surface area contributed by atoms with Crippen molar-refractivity contribution >= 4 is 33.4 Å². The van der Waals surface area contributed by atoms with E-state index in [0.717, 1.165) is 18.4 Å². The van der Waals surface area contributed by atoms with Crippen molar-refractivity contribution in [1.29, 1.82) is 0 Å². The minimum Gasteiger partial charge on any atom is -0.469 e. The molecule has 0 radical (unpaired) electrons.